The number of hydrogen-bond donors (Lipinski definition) is 2. The van der Waals surface area contributed by atoms with E-state index in [-0.39, 0.29) is 42.8 Å². The lowest BCUT2D eigenvalue weighted by Gasteiger charge is -2.23. The van der Waals surface area contributed by atoms with E-state index in [0.717, 1.165) is 11.3 Å². The van der Waals surface area contributed by atoms with Gasteiger partial charge in [-0.1, -0.05) is 31.2 Å². The number of allylic oxidation sites excluding steroid dienone is 2. The maximum Gasteiger partial charge on any atom is 0.279 e. The molecule has 1 heterocycles. The van der Waals surface area contributed by atoms with Gasteiger partial charge in [0.1, 0.15) is 5.75 Å². The molecule has 2 aliphatic rings. The Hall–Kier alpha value is -2.67. The van der Waals surface area contributed by atoms with Gasteiger partial charge >= 0.3 is 0 Å². The van der Waals surface area contributed by atoms with Crippen LogP contribution in [0, 0.1) is 11.8 Å². The van der Waals surface area contributed by atoms with E-state index >= 15 is 0 Å². The van der Waals surface area contributed by atoms with Crippen molar-refractivity contribution in [3.05, 3.63) is 36.4 Å². The van der Waals surface area contributed by atoms with E-state index in [0.29, 0.717) is 30.8 Å². The van der Waals surface area contributed by atoms with E-state index in [1.807, 2.05) is 31.2 Å². The third kappa shape index (κ3) is 4.25. The summed E-state index contributed by atoms with van der Waals surface area (Å²) in [5, 5.41) is 2.86. The molecule has 0 saturated carbocycles. The number of carbonyl (C=O) groups is 3. The molecule has 1 saturated heterocycles. The number of rotatable bonds is 8. The van der Waals surface area contributed by atoms with Gasteiger partial charge < -0.3 is 15.0 Å². The van der Waals surface area contributed by atoms with Crippen LogP contribution in [0.25, 0.3) is 0 Å². The summed E-state index contributed by atoms with van der Waals surface area (Å²) in [6.07, 6.45) is 6.06. The summed E-state index contributed by atoms with van der Waals surface area (Å²) in [7, 11) is 1.55. The van der Waals surface area contributed by atoms with Crippen molar-refractivity contribution in [2.45, 2.75) is 26.2 Å². The van der Waals surface area contributed by atoms with Gasteiger partial charge in [0.15, 0.2) is 13.2 Å². The summed E-state index contributed by atoms with van der Waals surface area (Å²) in [5.74, 6) is -0.248. The predicted molar refractivity (Wildman–Crippen MR) is 105 cm³/mol. The van der Waals surface area contributed by atoms with Gasteiger partial charge in [-0.25, -0.2) is 4.90 Å². The van der Waals surface area contributed by atoms with Crippen LogP contribution in [0.1, 0.15) is 26.2 Å². The Morgan fingerprint density at radius 1 is 1.18 bits per heavy atom. The van der Waals surface area contributed by atoms with E-state index in [2.05, 4.69) is 5.32 Å². The molecule has 1 aliphatic carbocycles. The number of para-hydroxylation sites is 2. The second kappa shape index (κ2) is 9.01. The summed E-state index contributed by atoms with van der Waals surface area (Å²) in [4.78, 5) is 40.2. The first-order valence-corrected chi connectivity index (χ1v) is 9.81. The minimum absolute atomic E-state index is 0.0990. The summed E-state index contributed by atoms with van der Waals surface area (Å²) < 4.78 is 5.26. The Bertz CT molecular complexity index is 751. The summed E-state index contributed by atoms with van der Waals surface area (Å²) in [6.45, 7) is 3.13. The highest BCUT2D eigenvalue weighted by atomic mass is 16.5. The average molecular weight is 386 g/mol. The average Bonchev–Trinajstić information content (AvgIpc) is 2.94. The van der Waals surface area contributed by atoms with E-state index in [4.69, 9.17) is 4.74 Å². The number of carbonyl (C=O) groups excluding carboxylic acids is 3. The Labute approximate surface area is 165 Å². The zero-order valence-electron chi connectivity index (χ0n) is 16.4. The van der Waals surface area contributed by atoms with E-state index in [1.54, 1.807) is 19.2 Å². The fourth-order valence-corrected chi connectivity index (χ4v) is 3.99. The van der Waals surface area contributed by atoms with E-state index in [9.17, 15) is 14.4 Å². The van der Waals surface area contributed by atoms with Crippen molar-refractivity contribution >= 4 is 23.4 Å². The molecular weight excluding hydrogens is 358 g/mol. The molecule has 1 unspecified atom stereocenters. The van der Waals surface area contributed by atoms with E-state index < -0.39 is 0 Å². The first-order chi connectivity index (χ1) is 13.5. The lowest BCUT2D eigenvalue weighted by atomic mass is 9.85. The fraction of sp³-hybridized carbons (Fsp3) is 0.476. The highest BCUT2D eigenvalue weighted by Gasteiger charge is 2.48. The Morgan fingerprint density at radius 2 is 1.82 bits per heavy atom. The van der Waals surface area contributed by atoms with Crippen LogP contribution in [-0.2, 0) is 14.4 Å². The number of nitrogens with zero attached hydrogens (tertiary/aromatic N) is 1. The molecule has 1 aliphatic heterocycles. The van der Waals surface area contributed by atoms with Gasteiger partial charge in [-0.2, -0.15) is 0 Å². The zero-order chi connectivity index (χ0) is 20.1. The first-order valence-electron chi connectivity index (χ1n) is 9.81. The Balaban J connectivity index is 1.64. The third-order valence-corrected chi connectivity index (χ3v) is 5.38. The van der Waals surface area contributed by atoms with Crippen LogP contribution in [0.2, 0.25) is 0 Å². The van der Waals surface area contributed by atoms with Gasteiger partial charge in [0.05, 0.1) is 31.2 Å². The van der Waals surface area contributed by atoms with Gasteiger partial charge in [0.25, 0.3) is 5.91 Å². The summed E-state index contributed by atoms with van der Waals surface area (Å²) in [6, 6.07) is 7.22. The second-order valence-electron chi connectivity index (χ2n) is 7.34. The maximum atomic E-state index is 12.7. The molecule has 1 fully saturated rings. The van der Waals surface area contributed by atoms with Crippen molar-refractivity contribution < 1.29 is 24.0 Å². The molecule has 1 aromatic carbocycles. The lowest BCUT2D eigenvalue weighted by molar-refractivity contribution is -0.899. The molecule has 3 amide bonds. The molecule has 1 aromatic rings. The molecule has 0 spiro atoms. The number of hydrogen-bond acceptors (Lipinski definition) is 4. The monoisotopic (exact) mass is 386 g/mol. The molecule has 0 aromatic heterocycles. The molecule has 0 radical (unpaired) electrons. The minimum Gasteiger partial charge on any atom is -0.495 e. The molecule has 0 bridgehead atoms. The second-order valence-corrected chi connectivity index (χ2v) is 7.34. The van der Waals surface area contributed by atoms with Crippen LogP contribution in [0.4, 0.5) is 5.69 Å². The van der Waals surface area contributed by atoms with Crippen LogP contribution in [0.5, 0.6) is 5.75 Å². The highest BCUT2D eigenvalue weighted by molar-refractivity contribution is 6.05. The van der Waals surface area contributed by atoms with Crippen LogP contribution in [-0.4, -0.2) is 49.5 Å². The number of ether oxygens (including phenoxy) is 1. The quantitative estimate of drug-likeness (QED) is 0.513. The Morgan fingerprint density at radius 3 is 2.43 bits per heavy atom. The van der Waals surface area contributed by atoms with Gasteiger partial charge in [-0.05, 0) is 31.4 Å². The molecule has 7 nitrogen and oxygen atoms in total. The van der Waals surface area contributed by atoms with Crippen LogP contribution >= 0.6 is 0 Å². The number of imide groups is 1. The van der Waals surface area contributed by atoms with Crippen molar-refractivity contribution in [2.75, 3.05) is 32.2 Å². The van der Waals surface area contributed by atoms with Gasteiger partial charge in [-0.15, -0.1) is 0 Å². The zero-order valence-corrected chi connectivity index (χ0v) is 16.4. The number of likely N-dealkylation sites (tertiary alicyclic amines) is 1. The molecular formula is C21H28N3O4+. The van der Waals surface area contributed by atoms with E-state index in [1.165, 1.54) is 4.90 Å². The minimum atomic E-state index is -0.234. The summed E-state index contributed by atoms with van der Waals surface area (Å²) >= 11 is 0. The predicted octanol–water partition coefficient (Wildman–Crippen LogP) is 0.837. The van der Waals surface area contributed by atoms with Crippen molar-refractivity contribution in [3.63, 3.8) is 0 Å². The van der Waals surface area contributed by atoms with Crippen LogP contribution < -0.4 is 15.0 Å². The molecule has 150 valence electrons. The number of nitrogens with one attached hydrogen (secondary N) is 2. The number of anilines is 1. The smallest absolute Gasteiger partial charge is 0.279 e. The summed E-state index contributed by atoms with van der Waals surface area (Å²) in [5.41, 5.74) is 0.608. The number of fused-ring (bicyclic) bond motifs is 1. The van der Waals surface area contributed by atoms with Crippen molar-refractivity contribution in [1.82, 2.24) is 4.90 Å². The fourth-order valence-electron chi connectivity index (χ4n) is 3.99. The largest absolute Gasteiger partial charge is 0.495 e. The number of methoxy groups -OCH3 is 1. The van der Waals surface area contributed by atoms with Gasteiger partial charge in [-0.3, -0.25) is 14.4 Å². The van der Waals surface area contributed by atoms with Crippen molar-refractivity contribution in [1.29, 1.82) is 0 Å². The van der Waals surface area contributed by atoms with Gasteiger partial charge in [0, 0.05) is 0 Å². The number of benzene rings is 1. The first kappa shape index (κ1) is 20.1. The standard InChI is InChI=1S/C21H27N3O4/c1-3-12-23(13-19(25)22-17-10-6-7-11-18(17)28-2)14-24-20(26)15-8-4-5-9-16(15)21(24)27/h4-7,10-11,15-16H,3,8-9,12-14H2,1-2H3,(H,22,25)/p+1/t15-,16-/m0/s1. The molecule has 3 rings (SSSR count). The molecule has 3 atom stereocenters. The van der Waals surface area contributed by atoms with Crippen molar-refractivity contribution in [2.24, 2.45) is 11.8 Å². The lowest BCUT2D eigenvalue weighted by Crippen LogP contribution is -3.14. The maximum absolute atomic E-state index is 12.7. The van der Waals surface area contributed by atoms with Crippen molar-refractivity contribution in [3.8, 4) is 5.75 Å². The number of quaternary nitrogens is 1. The molecule has 2 N–H and O–H groups in total. The highest BCUT2D eigenvalue weighted by Crippen LogP contribution is 2.34. The van der Waals surface area contributed by atoms with Crippen LogP contribution in [0.15, 0.2) is 36.4 Å². The number of amides is 3. The topological polar surface area (TPSA) is 80.2 Å². The SMILES string of the molecule is CCC[NH+](CC(=O)Nc1ccccc1OC)CN1C(=O)[C@H]2CC=CC[C@@H]2C1=O. The van der Waals surface area contributed by atoms with Gasteiger partial charge in [0.2, 0.25) is 11.8 Å². The molecule has 7 heteroatoms. The molecule has 28 heavy (non-hydrogen) atoms. The normalized spacial score (nSPS) is 22.1. The third-order valence-electron chi connectivity index (χ3n) is 5.38. The van der Waals surface area contributed by atoms with Crippen LogP contribution in [0.3, 0.4) is 0 Å². The Kier molecular flexibility index (Phi) is 6.46.